The van der Waals surface area contributed by atoms with Gasteiger partial charge in [-0.05, 0) is 76.0 Å². The summed E-state index contributed by atoms with van der Waals surface area (Å²) < 4.78 is 76.3. The summed E-state index contributed by atoms with van der Waals surface area (Å²) in [5.74, 6) is -3.56. The van der Waals surface area contributed by atoms with E-state index >= 15 is 0 Å². The van der Waals surface area contributed by atoms with E-state index in [-0.39, 0.29) is 43.9 Å². The van der Waals surface area contributed by atoms with Crippen molar-refractivity contribution in [3.8, 4) is 0 Å². The van der Waals surface area contributed by atoms with E-state index in [0.717, 1.165) is 6.08 Å². The van der Waals surface area contributed by atoms with Crippen LogP contribution in [0.2, 0.25) is 0 Å². The lowest BCUT2D eigenvalue weighted by Gasteiger charge is -2.50. The Hall–Kier alpha value is -2.66. The molecule has 510 valence electrons. The smallest absolute Gasteiger partial charge is 0.330 e. The van der Waals surface area contributed by atoms with E-state index in [1.165, 1.54) is 26.4 Å². The number of esters is 2. The molecule has 30 unspecified atom stereocenters. The monoisotopic (exact) mass is 1290 g/mol. The summed E-state index contributed by atoms with van der Waals surface area (Å²) in [5, 5.41) is 172. The number of fused-ring (bicyclic) bond motifs is 1. The maximum absolute atomic E-state index is 13.6. The number of carbonyl (C=O) groups excluding carboxylic acids is 2. The minimum Gasteiger partial charge on any atom is -0.460 e. The molecular formula is C58H93O31+. The van der Waals surface area contributed by atoms with Crippen LogP contribution >= 0.6 is 0 Å². The second-order valence-electron chi connectivity index (χ2n) is 25.3. The van der Waals surface area contributed by atoms with Crippen LogP contribution in [0.3, 0.4) is 0 Å². The summed E-state index contributed by atoms with van der Waals surface area (Å²) in [7, 11) is 2.86. The molecule has 0 spiro atoms. The van der Waals surface area contributed by atoms with Gasteiger partial charge >= 0.3 is 11.9 Å². The van der Waals surface area contributed by atoms with Crippen LogP contribution in [0.25, 0.3) is 0 Å². The van der Waals surface area contributed by atoms with Crippen LogP contribution in [0.15, 0.2) is 24.3 Å². The Kier molecular flexibility index (Phi) is 25.2. The maximum atomic E-state index is 13.6. The minimum atomic E-state index is -2.02. The van der Waals surface area contributed by atoms with Crippen LogP contribution in [0, 0.1) is 23.7 Å². The second-order valence-corrected chi connectivity index (χ2v) is 25.3. The fraction of sp³-hybridized carbons (Fsp3) is 0.897. The third-order valence-corrected chi connectivity index (χ3v) is 19.4. The molecule has 0 aromatic rings. The van der Waals surface area contributed by atoms with Gasteiger partial charge in [-0.15, -0.1) is 0 Å². The number of methoxy groups -OCH3 is 2. The van der Waals surface area contributed by atoms with Gasteiger partial charge in [-0.2, -0.15) is 0 Å². The van der Waals surface area contributed by atoms with Crippen LogP contribution < -0.4 is 0 Å². The fourth-order valence-electron chi connectivity index (χ4n) is 14.1. The van der Waals surface area contributed by atoms with Gasteiger partial charge in [0.2, 0.25) is 0 Å². The number of aliphatic hydroxyl groups is 18. The van der Waals surface area contributed by atoms with Gasteiger partial charge in [0.15, 0.2) is 43.5 Å². The Bertz CT molecular complexity index is 2260. The Morgan fingerprint density at radius 1 is 0.483 bits per heavy atom. The summed E-state index contributed by atoms with van der Waals surface area (Å²) in [6, 6.07) is 0. The number of hydrogen-bond acceptors (Lipinski definition) is 30. The van der Waals surface area contributed by atoms with E-state index < -0.39 is 234 Å². The Balaban J connectivity index is 0.941. The molecule has 5 heterocycles. The average molecular weight is 1290 g/mol. The first-order valence-electron chi connectivity index (χ1n) is 30.9. The molecule has 4 saturated carbocycles. The molecule has 0 amide bonds. The minimum absolute atomic E-state index is 0.00608. The SMILES string of the molecule is COC1CC(C=CC(=O)OC2C(OC3C(OC4CC5C(OC6OC(CO)C(O)C(O)C6O)CC(O)CC5[OH+]C4C4CCC(O)C(O)C4)OC(COC(=O)C=CC4CCC(OC5OC(CO)C(O)C(O)C5O)CC4)C(O)C3O)OCC(O)C2O)CC(OC)C1O. The zero-order valence-electron chi connectivity index (χ0n) is 49.6. The molecule has 0 aromatic carbocycles. The Morgan fingerprint density at radius 2 is 1.07 bits per heavy atom. The van der Waals surface area contributed by atoms with Crippen molar-refractivity contribution in [1.29, 1.82) is 0 Å². The van der Waals surface area contributed by atoms with E-state index in [1.807, 2.05) is 0 Å². The zero-order valence-corrected chi connectivity index (χ0v) is 49.6. The molecule has 17 N–H and O–H groups in total. The van der Waals surface area contributed by atoms with E-state index in [1.54, 1.807) is 6.08 Å². The van der Waals surface area contributed by atoms with Crippen molar-refractivity contribution in [3.63, 3.8) is 0 Å². The molecule has 30 atom stereocenters. The molecule has 4 aliphatic carbocycles. The number of hydrogen-bond donors (Lipinski definition) is 16. The first-order valence-corrected chi connectivity index (χ1v) is 30.9. The molecular weight excluding hydrogens is 1190 g/mol. The number of aliphatic hydroxyl groups excluding tert-OH is 16. The quantitative estimate of drug-likeness (QED) is 0.0306. The van der Waals surface area contributed by atoms with Gasteiger partial charge in [0.05, 0.1) is 68.5 Å². The molecule has 9 fully saturated rings. The van der Waals surface area contributed by atoms with E-state index in [4.69, 9.17) is 61.6 Å². The third kappa shape index (κ3) is 16.7. The first-order chi connectivity index (χ1) is 42.5. The number of rotatable bonds is 20. The van der Waals surface area contributed by atoms with Crippen molar-refractivity contribution < 1.29 is 153 Å². The second kappa shape index (κ2) is 31.7. The lowest BCUT2D eigenvalue weighted by Crippen LogP contribution is -2.66. The molecule has 5 aliphatic heterocycles. The predicted molar refractivity (Wildman–Crippen MR) is 293 cm³/mol. The zero-order chi connectivity index (χ0) is 64.1. The molecule has 5 saturated heterocycles. The van der Waals surface area contributed by atoms with Gasteiger partial charge in [-0.3, -0.25) is 0 Å². The van der Waals surface area contributed by atoms with Crippen molar-refractivity contribution in [1.82, 2.24) is 0 Å². The van der Waals surface area contributed by atoms with Crippen molar-refractivity contribution in [3.05, 3.63) is 24.3 Å². The molecule has 31 nitrogen and oxygen atoms in total. The topological polar surface area (TPSA) is 481 Å². The largest absolute Gasteiger partial charge is 0.460 e. The summed E-state index contributed by atoms with van der Waals surface area (Å²) in [5.41, 5.74) is 0. The highest BCUT2D eigenvalue weighted by molar-refractivity contribution is 5.82. The van der Waals surface area contributed by atoms with Gasteiger partial charge in [0, 0.05) is 45.1 Å². The summed E-state index contributed by atoms with van der Waals surface area (Å²) in [4.78, 5) is 27.0. The standard InChI is InChI=1S/C58H92O31/c1-77-34-13-24(14-35(78-2)43(34)68)6-12-41(66)88-53-42(67)31(64)21-80-57(53)89-54-49(74)46(71)39(22-79-40(65)11-5-23-3-8-27(9-4-23)81-55-50(75)47(72)44(69)37(19-59)85-55)87-58(54)84-36-18-28-32(82-52(36)25-7-10-29(62)30(63)15-25)16-26(61)17-33(28)83-56-51(76)48(73)45(70)38(20-60)86-56/h5-6,11-12,23-39,42-64,67-76H,3-4,7-10,13-22H2,1-2H3/p+1. The summed E-state index contributed by atoms with van der Waals surface area (Å²) >= 11 is 0. The van der Waals surface area contributed by atoms with Crippen LogP contribution in [0.5, 0.6) is 0 Å². The highest BCUT2D eigenvalue weighted by Gasteiger charge is 2.58. The van der Waals surface area contributed by atoms with Crippen molar-refractivity contribution in [2.24, 2.45) is 23.7 Å². The van der Waals surface area contributed by atoms with Gasteiger partial charge in [0.25, 0.3) is 0 Å². The lowest BCUT2D eigenvalue weighted by atomic mass is 9.72. The summed E-state index contributed by atoms with van der Waals surface area (Å²) in [6.45, 7) is -2.64. The number of allylic oxidation sites excluding steroid dienone is 2. The highest BCUT2D eigenvalue weighted by Crippen LogP contribution is 2.45. The molecule has 0 bridgehead atoms. The molecule has 0 radical (unpaired) electrons. The molecule has 89 heavy (non-hydrogen) atoms. The van der Waals surface area contributed by atoms with Crippen molar-refractivity contribution >= 4 is 11.9 Å². The van der Waals surface area contributed by atoms with Gasteiger partial charge < -0.3 is 143 Å². The third-order valence-electron chi connectivity index (χ3n) is 19.4. The highest BCUT2D eigenvalue weighted by atomic mass is 16.8. The van der Waals surface area contributed by atoms with Crippen LogP contribution in [0.1, 0.15) is 77.0 Å². The van der Waals surface area contributed by atoms with E-state index in [9.17, 15) is 91.3 Å². The van der Waals surface area contributed by atoms with Crippen LogP contribution in [-0.2, 0) is 66.4 Å². The van der Waals surface area contributed by atoms with Gasteiger partial charge in [0.1, 0.15) is 104 Å². The first kappa shape index (κ1) is 70.7. The molecule has 0 aromatic heterocycles. The van der Waals surface area contributed by atoms with E-state index in [2.05, 4.69) is 0 Å². The average Bonchev–Trinajstić information content (AvgIpc) is 1.14. The van der Waals surface area contributed by atoms with Gasteiger partial charge in [-0.1, -0.05) is 12.2 Å². The fourth-order valence-corrected chi connectivity index (χ4v) is 14.1. The molecule has 9 rings (SSSR count). The predicted octanol–water partition coefficient (Wildman–Crippen LogP) is -6.83. The van der Waals surface area contributed by atoms with Crippen molar-refractivity contribution in [2.75, 3.05) is 40.6 Å². The molecule has 9 aliphatic rings. The number of ether oxygens (including phenoxy) is 13. The normalized spacial score (nSPS) is 49.3. The Morgan fingerprint density at radius 3 is 1.69 bits per heavy atom. The van der Waals surface area contributed by atoms with Crippen LogP contribution in [-0.4, -0.2) is 323 Å². The maximum Gasteiger partial charge on any atom is 0.330 e. The molecule has 31 heteroatoms. The number of carbonyl (C=O) groups is 2. The van der Waals surface area contributed by atoms with Gasteiger partial charge in [-0.25, -0.2) is 9.59 Å². The van der Waals surface area contributed by atoms with Crippen LogP contribution in [0.4, 0.5) is 0 Å². The lowest BCUT2D eigenvalue weighted by molar-refractivity contribution is -0.385. The summed E-state index contributed by atoms with van der Waals surface area (Å²) in [6.07, 6.45) is -32.7. The Labute approximate surface area is 513 Å². The van der Waals surface area contributed by atoms with Crippen molar-refractivity contribution in [2.45, 2.75) is 261 Å². The van der Waals surface area contributed by atoms with E-state index in [0.29, 0.717) is 44.9 Å².